The molecule has 1 saturated carbocycles. The number of nitrogens with zero attached hydrogens (tertiary/aromatic N) is 2. The summed E-state index contributed by atoms with van der Waals surface area (Å²) in [4.78, 5) is 29.6. The normalized spacial score (nSPS) is 14.7. The molecule has 2 amide bonds. The minimum atomic E-state index is -3.94. The molecule has 11 heteroatoms. The number of carbonyl (C=O) groups excluding carboxylic acids is 2. The van der Waals surface area contributed by atoms with E-state index >= 15 is 0 Å². The van der Waals surface area contributed by atoms with Crippen LogP contribution >= 0.6 is 34.8 Å². The molecule has 1 N–H and O–H groups in total. The summed E-state index contributed by atoms with van der Waals surface area (Å²) in [6.07, 6.45) is 6.21. The molecule has 3 aromatic carbocycles. The number of halogens is 3. The average molecular weight is 651 g/mol. The summed E-state index contributed by atoms with van der Waals surface area (Å²) in [6.45, 7) is -0.513. The van der Waals surface area contributed by atoms with Gasteiger partial charge in [0, 0.05) is 34.1 Å². The van der Waals surface area contributed by atoms with Crippen molar-refractivity contribution in [1.29, 1.82) is 0 Å². The Balaban J connectivity index is 1.73. The van der Waals surface area contributed by atoms with E-state index in [4.69, 9.17) is 34.8 Å². The van der Waals surface area contributed by atoms with Gasteiger partial charge < -0.3 is 10.2 Å². The summed E-state index contributed by atoms with van der Waals surface area (Å²) in [7, 11) is -3.94. The van der Waals surface area contributed by atoms with Crippen molar-refractivity contribution in [3.63, 3.8) is 0 Å². The number of anilines is 1. The van der Waals surface area contributed by atoms with Gasteiger partial charge in [0.2, 0.25) is 21.8 Å². The molecule has 7 nitrogen and oxygen atoms in total. The molecule has 0 bridgehead atoms. The van der Waals surface area contributed by atoms with E-state index in [-0.39, 0.29) is 40.6 Å². The lowest BCUT2D eigenvalue weighted by atomic mass is 9.94. The highest BCUT2D eigenvalue weighted by Gasteiger charge is 2.34. The van der Waals surface area contributed by atoms with E-state index in [0.29, 0.717) is 10.6 Å². The fourth-order valence-corrected chi connectivity index (χ4v) is 6.79. The van der Waals surface area contributed by atoms with Crippen LogP contribution in [-0.4, -0.2) is 50.0 Å². The molecule has 42 heavy (non-hydrogen) atoms. The van der Waals surface area contributed by atoms with Crippen molar-refractivity contribution in [2.75, 3.05) is 17.1 Å². The van der Waals surface area contributed by atoms with Crippen molar-refractivity contribution >= 4 is 62.3 Å². The van der Waals surface area contributed by atoms with Crippen LogP contribution in [0.3, 0.4) is 0 Å². The monoisotopic (exact) mass is 649 g/mol. The summed E-state index contributed by atoms with van der Waals surface area (Å²) >= 11 is 18.6. The van der Waals surface area contributed by atoms with Crippen molar-refractivity contribution in [3.05, 3.63) is 99.0 Å². The van der Waals surface area contributed by atoms with E-state index in [9.17, 15) is 18.0 Å². The van der Waals surface area contributed by atoms with Gasteiger partial charge in [-0.3, -0.25) is 13.9 Å². The van der Waals surface area contributed by atoms with Crippen molar-refractivity contribution < 1.29 is 18.0 Å². The third-order valence-corrected chi connectivity index (χ3v) is 9.09. The third kappa shape index (κ3) is 9.11. The molecule has 0 unspecified atom stereocenters. The molecule has 1 atom stereocenters. The van der Waals surface area contributed by atoms with Crippen LogP contribution in [0.1, 0.15) is 43.2 Å². The Morgan fingerprint density at radius 1 is 0.857 bits per heavy atom. The van der Waals surface area contributed by atoms with Gasteiger partial charge in [-0.05, 0) is 54.3 Å². The SMILES string of the molecule is CS(=O)(=O)N(CC(=O)N(Cc1cccc(Cl)c1)[C@H](Cc1ccccc1)C(=O)NC1CCCCC1)c1cc(Cl)cc(Cl)c1. The maximum atomic E-state index is 14.2. The first-order chi connectivity index (χ1) is 20.0. The highest BCUT2D eigenvalue weighted by Crippen LogP contribution is 2.28. The fourth-order valence-electron chi connectivity index (χ4n) is 5.23. The zero-order valence-electron chi connectivity index (χ0n) is 23.3. The van der Waals surface area contributed by atoms with E-state index < -0.39 is 28.5 Å². The predicted octanol–water partition coefficient (Wildman–Crippen LogP) is 6.50. The first-order valence-corrected chi connectivity index (χ1v) is 16.8. The molecule has 1 aliphatic carbocycles. The maximum Gasteiger partial charge on any atom is 0.244 e. The molecule has 4 rings (SSSR count). The van der Waals surface area contributed by atoms with Crippen LogP contribution in [0.15, 0.2) is 72.8 Å². The van der Waals surface area contributed by atoms with Crippen molar-refractivity contribution in [2.24, 2.45) is 0 Å². The molecule has 3 aromatic rings. The number of hydrogen-bond donors (Lipinski definition) is 1. The lowest BCUT2D eigenvalue weighted by Crippen LogP contribution is -2.55. The summed E-state index contributed by atoms with van der Waals surface area (Å²) in [5, 5.41) is 4.11. The molecular formula is C31H34Cl3N3O4S. The standard InChI is InChI=1S/C31H34Cl3N3O4S/c1-42(40,41)37(28-18-25(33)17-26(34)19-28)21-30(38)36(20-23-11-8-12-24(32)15-23)29(16-22-9-4-2-5-10-22)31(39)35-27-13-6-3-7-14-27/h2,4-5,8-12,15,17-19,27,29H,3,6-7,13-14,16,20-21H2,1H3,(H,35,39)/t29-/m1/s1. The van der Waals surface area contributed by atoms with Crippen LogP contribution < -0.4 is 9.62 Å². The topological polar surface area (TPSA) is 86.8 Å². The molecule has 224 valence electrons. The Labute approximate surface area is 262 Å². The van der Waals surface area contributed by atoms with Crippen LogP contribution in [0.5, 0.6) is 0 Å². The second kappa shape index (κ2) is 14.6. The van der Waals surface area contributed by atoms with Crippen LogP contribution in [0, 0.1) is 0 Å². The summed E-state index contributed by atoms with van der Waals surface area (Å²) in [6, 6.07) is 19.9. The van der Waals surface area contributed by atoms with E-state index in [1.165, 1.54) is 23.1 Å². The first-order valence-electron chi connectivity index (χ1n) is 13.8. The van der Waals surface area contributed by atoms with Crippen molar-refractivity contribution in [1.82, 2.24) is 10.2 Å². The van der Waals surface area contributed by atoms with Crippen LogP contribution in [-0.2, 0) is 32.6 Å². The molecular weight excluding hydrogens is 617 g/mol. The summed E-state index contributed by atoms with van der Waals surface area (Å²) < 4.78 is 26.8. The highest BCUT2D eigenvalue weighted by molar-refractivity contribution is 7.92. The number of hydrogen-bond acceptors (Lipinski definition) is 4. The van der Waals surface area contributed by atoms with Crippen molar-refractivity contribution in [2.45, 2.75) is 57.2 Å². The number of rotatable bonds is 11. The number of nitrogens with one attached hydrogen (secondary N) is 1. The van der Waals surface area contributed by atoms with Gasteiger partial charge in [0.1, 0.15) is 12.6 Å². The van der Waals surface area contributed by atoms with Gasteiger partial charge in [0.15, 0.2) is 0 Å². The van der Waals surface area contributed by atoms with Gasteiger partial charge in [-0.2, -0.15) is 0 Å². The summed E-state index contributed by atoms with van der Waals surface area (Å²) in [5.74, 6) is -0.839. The number of amides is 2. The largest absolute Gasteiger partial charge is 0.352 e. The van der Waals surface area contributed by atoms with Gasteiger partial charge in [0.25, 0.3) is 0 Å². The Morgan fingerprint density at radius 3 is 2.12 bits per heavy atom. The lowest BCUT2D eigenvalue weighted by molar-refractivity contribution is -0.140. The molecule has 0 spiro atoms. The smallest absolute Gasteiger partial charge is 0.244 e. The van der Waals surface area contributed by atoms with Crippen LogP contribution in [0.4, 0.5) is 5.69 Å². The molecule has 1 fully saturated rings. The molecule has 0 saturated heterocycles. The van der Waals surface area contributed by atoms with Gasteiger partial charge in [-0.1, -0.05) is 96.5 Å². The minimum absolute atomic E-state index is 0.0220. The highest BCUT2D eigenvalue weighted by atomic mass is 35.5. The molecule has 0 aromatic heterocycles. The van der Waals surface area contributed by atoms with E-state index in [2.05, 4.69) is 5.32 Å². The van der Waals surface area contributed by atoms with E-state index in [1.54, 1.807) is 18.2 Å². The number of benzene rings is 3. The van der Waals surface area contributed by atoms with Gasteiger partial charge in [-0.15, -0.1) is 0 Å². The zero-order chi connectivity index (χ0) is 30.3. The molecule has 1 aliphatic rings. The minimum Gasteiger partial charge on any atom is -0.352 e. The fraction of sp³-hybridized carbons (Fsp3) is 0.355. The Hall–Kier alpha value is -2.78. The molecule has 0 radical (unpaired) electrons. The van der Waals surface area contributed by atoms with Crippen LogP contribution in [0.2, 0.25) is 15.1 Å². The lowest BCUT2D eigenvalue weighted by Gasteiger charge is -2.35. The van der Waals surface area contributed by atoms with Crippen LogP contribution in [0.25, 0.3) is 0 Å². The first kappa shape index (κ1) is 32.1. The Bertz CT molecular complexity index is 1480. The van der Waals surface area contributed by atoms with E-state index in [1.807, 2.05) is 36.4 Å². The second-order valence-electron chi connectivity index (χ2n) is 10.6. The third-order valence-electron chi connectivity index (χ3n) is 7.28. The second-order valence-corrected chi connectivity index (χ2v) is 13.8. The van der Waals surface area contributed by atoms with Crippen molar-refractivity contribution in [3.8, 4) is 0 Å². The zero-order valence-corrected chi connectivity index (χ0v) is 26.4. The van der Waals surface area contributed by atoms with E-state index in [0.717, 1.165) is 48.2 Å². The quantitative estimate of drug-likeness (QED) is 0.257. The number of sulfonamides is 1. The summed E-state index contributed by atoms with van der Waals surface area (Å²) in [5.41, 5.74) is 1.72. The molecule has 0 aliphatic heterocycles. The number of carbonyl (C=O) groups is 2. The maximum absolute atomic E-state index is 14.2. The Kier molecular flexibility index (Phi) is 11.2. The predicted molar refractivity (Wildman–Crippen MR) is 170 cm³/mol. The van der Waals surface area contributed by atoms with Gasteiger partial charge in [-0.25, -0.2) is 8.42 Å². The molecule has 0 heterocycles. The van der Waals surface area contributed by atoms with Gasteiger partial charge >= 0.3 is 0 Å². The van der Waals surface area contributed by atoms with Gasteiger partial charge in [0.05, 0.1) is 11.9 Å². The Morgan fingerprint density at radius 2 is 1.50 bits per heavy atom. The average Bonchev–Trinajstić information content (AvgIpc) is 2.93.